The number of para-hydroxylation sites is 1. The van der Waals surface area contributed by atoms with Crippen LogP contribution in [0.5, 0.6) is 0 Å². The van der Waals surface area contributed by atoms with Crippen LogP contribution < -0.4 is 10.0 Å². The van der Waals surface area contributed by atoms with E-state index in [1.165, 1.54) is 30.1 Å². The van der Waals surface area contributed by atoms with Crippen molar-refractivity contribution in [1.29, 1.82) is 0 Å². The van der Waals surface area contributed by atoms with Gasteiger partial charge < -0.3 is 5.32 Å². The van der Waals surface area contributed by atoms with Crippen molar-refractivity contribution in [2.75, 3.05) is 15.8 Å². The summed E-state index contributed by atoms with van der Waals surface area (Å²) in [7, 11) is -3.75. The molecule has 4 rings (SSSR count). The molecule has 0 atom stereocenters. The van der Waals surface area contributed by atoms with Crippen molar-refractivity contribution in [3.8, 4) is 0 Å². The van der Waals surface area contributed by atoms with E-state index in [1.54, 1.807) is 41.7 Å². The topological polar surface area (TPSA) is 101 Å². The van der Waals surface area contributed by atoms with Crippen LogP contribution in [-0.2, 0) is 14.8 Å². The first-order valence-corrected chi connectivity index (χ1v) is 12.6. The van der Waals surface area contributed by atoms with Gasteiger partial charge in [0.05, 0.1) is 20.9 Å². The molecule has 0 aliphatic heterocycles. The van der Waals surface area contributed by atoms with Crippen molar-refractivity contribution in [3.05, 3.63) is 86.1 Å². The zero-order valence-electron chi connectivity index (χ0n) is 16.9. The molecule has 2 N–H and O–H groups in total. The van der Waals surface area contributed by atoms with Gasteiger partial charge in [0.25, 0.3) is 10.0 Å². The molecule has 32 heavy (non-hydrogen) atoms. The molecule has 164 valence electrons. The number of thioether (sulfide) groups is 1. The third-order valence-electron chi connectivity index (χ3n) is 3.95. The maximum atomic E-state index is 12.4. The molecular weight excluding hydrogens is 464 g/mol. The quantitative estimate of drug-likeness (QED) is 0.282. The van der Waals surface area contributed by atoms with Gasteiger partial charge in [0, 0.05) is 11.9 Å². The second-order valence-electron chi connectivity index (χ2n) is 6.13. The third kappa shape index (κ3) is 6.16. The number of aromatic nitrogens is 2. The number of hydrogen-bond donors (Lipinski definition) is 2. The first-order valence-electron chi connectivity index (χ1n) is 9.32. The molecule has 0 spiro atoms. The summed E-state index contributed by atoms with van der Waals surface area (Å²) >= 11 is 2.91. The number of amides is 1. The minimum absolute atomic E-state index is 0.0787. The van der Waals surface area contributed by atoms with E-state index < -0.39 is 10.0 Å². The van der Waals surface area contributed by atoms with Gasteiger partial charge in [-0.15, -0.1) is 24.5 Å². The lowest BCUT2D eigenvalue weighted by Gasteiger charge is -2.08. The van der Waals surface area contributed by atoms with Crippen LogP contribution in [-0.4, -0.2) is 30.0 Å². The number of hydrogen-bond acceptors (Lipinski definition) is 7. The maximum Gasteiger partial charge on any atom is 0.263 e. The van der Waals surface area contributed by atoms with Crippen molar-refractivity contribution >= 4 is 60.8 Å². The highest BCUT2D eigenvalue weighted by Crippen LogP contribution is 2.29. The summed E-state index contributed by atoms with van der Waals surface area (Å²) in [5.74, 6) is 0.254. The molecule has 2 aromatic carbocycles. The fraction of sp³-hybridized carbons (Fsp3) is 0.0455. The van der Waals surface area contributed by atoms with Gasteiger partial charge in [0.15, 0.2) is 4.34 Å². The van der Waals surface area contributed by atoms with E-state index in [9.17, 15) is 13.2 Å². The molecular formula is C22H20N4O3S3. The second-order valence-corrected chi connectivity index (χ2v) is 10.1. The average molecular weight is 485 g/mol. The Morgan fingerprint density at radius 3 is 2.41 bits per heavy atom. The number of pyridine rings is 1. The number of fused-ring (bicyclic) bond motifs is 1. The molecule has 0 radical (unpaired) electrons. The van der Waals surface area contributed by atoms with Crippen molar-refractivity contribution < 1.29 is 13.2 Å². The predicted octanol–water partition coefficient (Wildman–Crippen LogP) is 5.03. The van der Waals surface area contributed by atoms with E-state index in [0.717, 1.165) is 14.6 Å². The zero-order valence-corrected chi connectivity index (χ0v) is 19.3. The maximum absolute atomic E-state index is 12.4. The molecule has 0 fully saturated rings. The lowest BCUT2D eigenvalue weighted by molar-refractivity contribution is -0.113. The van der Waals surface area contributed by atoms with Crippen molar-refractivity contribution in [2.45, 2.75) is 9.24 Å². The van der Waals surface area contributed by atoms with Gasteiger partial charge in [0.1, 0.15) is 5.82 Å². The van der Waals surface area contributed by atoms with E-state index in [1.807, 2.05) is 24.3 Å². The Labute approximate surface area is 194 Å². The third-order valence-corrected chi connectivity index (χ3v) is 7.50. The summed E-state index contributed by atoms with van der Waals surface area (Å²) in [6, 6.07) is 18.7. The number of sulfonamides is 1. The Morgan fingerprint density at radius 2 is 1.72 bits per heavy atom. The van der Waals surface area contributed by atoms with Crippen LogP contribution in [0.3, 0.4) is 0 Å². The Bertz CT molecular complexity index is 1260. The van der Waals surface area contributed by atoms with E-state index >= 15 is 0 Å². The normalized spacial score (nSPS) is 10.8. The standard InChI is InChI=1S/C20H16N4O3S3.C2H4/c25-19(13-28-20-23-16-5-1-2-6-17(16)29-20)22-14-8-10-15(11-9-14)30(26,27)24-18-7-3-4-12-21-18;1-2/h1-12H,13H2,(H,21,24)(H,22,25);1-2H2. The fourth-order valence-corrected chi connectivity index (χ4v) is 5.45. The second kappa shape index (κ2) is 10.9. The van der Waals surface area contributed by atoms with Crippen LogP contribution in [0.4, 0.5) is 11.5 Å². The van der Waals surface area contributed by atoms with Gasteiger partial charge in [-0.05, 0) is 48.5 Å². The summed E-state index contributed by atoms with van der Waals surface area (Å²) < 4.78 is 29.2. The Kier molecular flexibility index (Phi) is 7.98. The Hall–Kier alpha value is -3.21. The molecule has 10 heteroatoms. The van der Waals surface area contributed by atoms with Gasteiger partial charge in [-0.2, -0.15) is 0 Å². The minimum atomic E-state index is -3.75. The largest absolute Gasteiger partial charge is 0.325 e. The molecule has 0 unspecified atom stereocenters. The monoisotopic (exact) mass is 484 g/mol. The number of carbonyl (C=O) groups excluding carboxylic acids is 1. The zero-order chi connectivity index (χ0) is 23.0. The molecule has 0 saturated heterocycles. The fourth-order valence-electron chi connectivity index (χ4n) is 2.57. The minimum Gasteiger partial charge on any atom is -0.325 e. The first kappa shape index (κ1) is 23.5. The van der Waals surface area contributed by atoms with Crippen molar-refractivity contribution in [1.82, 2.24) is 9.97 Å². The van der Waals surface area contributed by atoms with Crippen LogP contribution in [0.15, 0.2) is 95.3 Å². The number of rotatable bonds is 7. The highest BCUT2D eigenvalue weighted by Gasteiger charge is 2.15. The van der Waals surface area contributed by atoms with Crippen LogP contribution in [0.25, 0.3) is 10.2 Å². The number of thiazole rings is 1. The number of carbonyl (C=O) groups is 1. The first-order chi connectivity index (χ1) is 15.5. The highest BCUT2D eigenvalue weighted by molar-refractivity contribution is 8.01. The number of nitrogens with one attached hydrogen (secondary N) is 2. The average Bonchev–Trinajstić information content (AvgIpc) is 3.23. The molecule has 1 amide bonds. The molecule has 7 nitrogen and oxygen atoms in total. The molecule has 0 aliphatic carbocycles. The van der Waals surface area contributed by atoms with E-state index in [4.69, 9.17) is 0 Å². The number of nitrogens with zero attached hydrogens (tertiary/aromatic N) is 2. The number of anilines is 2. The summed E-state index contributed by atoms with van der Waals surface area (Å²) in [5.41, 5.74) is 1.43. The summed E-state index contributed by atoms with van der Waals surface area (Å²) in [6.07, 6.45) is 1.50. The summed E-state index contributed by atoms with van der Waals surface area (Å²) in [4.78, 5) is 20.7. The van der Waals surface area contributed by atoms with E-state index in [2.05, 4.69) is 33.2 Å². The SMILES string of the molecule is C=C.O=C(CSc1nc2ccccc2s1)Nc1ccc(S(=O)(=O)Nc2ccccn2)cc1. The van der Waals surface area contributed by atoms with Crippen LogP contribution >= 0.6 is 23.1 Å². The smallest absolute Gasteiger partial charge is 0.263 e. The lowest BCUT2D eigenvalue weighted by atomic mass is 10.3. The summed E-state index contributed by atoms with van der Waals surface area (Å²) in [5, 5.41) is 2.76. The highest BCUT2D eigenvalue weighted by atomic mass is 32.2. The molecule has 2 heterocycles. The van der Waals surface area contributed by atoms with Crippen LogP contribution in [0.1, 0.15) is 0 Å². The van der Waals surface area contributed by atoms with Crippen LogP contribution in [0.2, 0.25) is 0 Å². The molecule has 4 aromatic rings. The van der Waals surface area contributed by atoms with Gasteiger partial charge in [-0.1, -0.05) is 30.0 Å². The van der Waals surface area contributed by atoms with Crippen LogP contribution in [0, 0.1) is 0 Å². The molecule has 0 saturated carbocycles. The van der Waals surface area contributed by atoms with E-state index in [-0.39, 0.29) is 22.4 Å². The predicted molar refractivity (Wildman–Crippen MR) is 132 cm³/mol. The molecule has 2 aromatic heterocycles. The number of benzene rings is 2. The van der Waals surface area contributed by atoms with Gasteiger partial charge in [-0.3, -0.25) is 9.52 Å². The van der Waals surface area contributed by atoms with Crippen molar-refractivity contribution in [3.63, 3.8) is 0 Å². The van der Waals surface area contributed by atoms with Gasteiger partial charge in [-0.25, -0.2) is 18.4 Å². The Morgan fingerprint density at radius 1 is 1.00 bits per heavy atom. The Balaban J connectivity index is 0.00000141. The van der Waals surface area contributed by atoms with Gasteiger partial charge in [0.2, 0.25) is 5.91 Å². The van der Waals surface area contributed by atoms with Crippen molar-refractivity contribution in [2.24, 2.45) is 0 Å². The van der Waals surface area contributed by atoms with E-state index in [0.29, 0.717) is 5.69 Å². The lowest BCUT2D eigenvalue weighted by Crippen LogP contribution is -2.15. The van der Waals surface area contributed by atoms with Gasteiger partial charge >= 0.3 is 0 Å². The molecule has 0 bridgehead atoms. The molecule has 0 aliphatic rings. The summed E-state index contributed by atoms with van der Waals surface area (Å²) in [6.45, 7) is 6.00.